The van der Waals surface area contributed by atoms with Gasteiger partial charge in [-0.05, 0) is 43.4 Å². The number of fused-ring (bicyclic) bond motifs is 2. The molecular weight excluding hydrogens is 338 g/mol. The molecule has 0 saturated carbocycles. The Morgan fingerprint density at radius 1 is 1.04 bits per heavy atom. The molecule has 2 bridgehead atoms. The second-order valence-electron chi connectivity index (χ2n) is 7.72. The van der Waals surface area contributed by atoms with Crippen molar-refractivity contribution in [2.24, 2.45) is 0 Å². The zero-order valence-electron chi connectivity index (χ0n) is 15.2. The van der Waals surface area contributed by atoms with Gasteiger partial charge in [0.25, 0.3) is 0 Å². The van der Waals surface area contributed by atoms with E-state index in [2.05, 4.69) is 14.9 Å². The predicted octanol–water partition coefficient (Wildman–Crippen LogP) is 3.75. The molecule has 2 aliphatic heterocycles. The van der Waals surface area contributed by atoms with E-state index in [1.165, 1.54) is 0 Å². The molecule has 5 heteroatoms. The molecular formula is C22H23N3O2. The molecule has 0 radical (unpaired) electrons. The van der Waals surface area contributed by atoms with Crippen LogP contribution in [0.4, 0.5) is 0 Å². The molecule has 27 heavy (non-hydrogen) atoms. The van der Waals surface area contributed by atoms with Crippen LogP contribution in [0.25, 0.3) is 11.6 Å². The van der Waals surface area contributed by atoms with Gasteiger partial charge in [0.15, 0.2) is 0 Å². The lowest BCUT2D eigenvalue weighted by molar-refractivity contribution is -0.0598. The lowest BCUT2D eigenvalue weighted by atomic mass is 9.80. The summed E-state index contributed by atoms with van der Waals surface area (Å²) in [6.45, 7) is 0.760. The summed E-state index contributed by atoms with van der Waals surface area (Å²) in [5.74, 6) is 0.566. The molecule has 1 aromatic carbocycles. The zero-order chi connectivity index (χ0) is 18.3. The normalized spacial score (nSPS) is 27.7. The molecule has 138 valence electrons. The van der Waals surface area contributed by atoms with Crippen molar-refractivity contribution in [3.8, 4) is 11.6 Å². The number of hydrogen-bond acceptors (Lipinski definition) is 5. The van der Waals surface area contributed by atoms with Crippen molar-refractivity contribution >= 4 is 0 Å². The standard InChI is InChI=1S/C22H23N3O2/c26-22(16-6-2-1-3-7-16)12-18-9-10-19(13-22)25(18)14-17-15-27-21(24-17)20-8-4-5-11-23-20/h1-8,11,15,18-19,26H,9-10,12-14H2. The van der Waals surface area contributed by atoms with Gasteiger partial charge in [-0.1, -0.05) is 36.4 Å². The minimum Gasteiger partial charge on any atom is -0.443 e. The maximum absolute atomic E-state index is 11.3. The van der Waals surface area contributed by atoms with Gasteiger partial charge in [0.2, 0.25) is 5.89 Å². The lowest BCUT2D eigenvalue weighted by Crippen LogP contribution is -2.49. The Hall–Kier alpha value is -2.50. The van der Waals surface area contributed by atoms with E-state index in [9.17, 15) is 5.11 Å². The Labute approximate surface area is 158 Å². The summed E-state index contributed by atoms with van der Waals surface area (Å²) in [6, 6.07) is 16.6. The van der Waals surface area contributed by atoms with Crippen molar-refractivity contribution in [1.82, 2.24) is 14.9 Å². The maximum Gasteiger partial charge on any atom is 0.245 e. The van der Waals surface area contributed by atoms with E-state index in [1.807, 2.05) is 48.5 Å². The number of oxazole rings is 1. The molecule has 2 atom stereocenters. The Morgan fingerprint density at radius 2 is 1.78 bits per heavy atom. The van der Waals surface area contributed by atoms with Crippen molar-refractivity contribution < 1.29 is 9.52 Å². The fourth-order valence-corrected chi connectivity index (χ4v) is 4.73. The monoisotopic (exact) mass is 361 g/mol. The van der Waals surface area contributed by atoms with Gasteiger partial charge in [-0.3, -0.25) is 9.88 Å². The average Bonchev–Trinajstić information content (AvgIpc) is 3.27. The van der Waals surface area contributed by atoms with Crippen LogP contribution in [-0.4, -0.2) is 32.1 Å². The highest BCUT2D eigenvalue weighted by molar-refractivity contribution is 5.46. The molecule has 0 spiro atoms. The first-order chi connectivity index (χ1) is 13.2. The largest absolute Gasteiger partial charge is 0.443 e. The predicted molar refractivity (Wildman–Crippen MR) is 102 cm³/mol. The molecule has 0 aliphatic carbocycles. The van der Waals surface area contributed by atoms with E-state index in [4.69, 9.17) is 4.42 Å². The highest BCUT2D eigenvalue weighted by Gasteiger charge is 2.48. The number of hydrogen-bond donors (Lipinski definition) is 1. The molecule has 2 saturated heterocycles. The van der Waals surface area contributed by atoms with E-state index in [0.29, 0.717) is 18.0 Å². The molecule has 4 heterocycles. The third kappa shape index (κ3) is 3.07. The molecule has 2 unspecified atom stereocenters. The highest BCUT2D eigenvalue weighted by Crippen LogP contribution is 2.46. The number of piperidine rings is 1. The summed E-state index contributed by atoms with van der Waals surface area (Å²) in [7, 11) is 0. The Kier molecular flexibility index (Phi) is 4.06. The van der Waals surface area contributed by atoms with Crippen LogP contribution in [0.3, 0.4) is 0 Å². The number of nitrogens with zero attached hydrogens (tertiary/aromatic N) is 3. The van der Waals surface area contributed by atoms with Crippen LogP contribution in [0.5, 0.6) is 0 Å². The Bertz CT molecular complexity index is 896. The van der Waals surface area contributed by atoms with Crippen LogP contribution < -0.4 is 0 Å². The topological polar surface area (TPSA) is 62.4 Å². The van der Waals surface area contributed by atoms with Crippen molar-refractivity contribution in [3.63, 3.8) is 0 Å². The van der Waals surface area contributed by atoms with Crippen LogP contribution in [0.2, 0.25) is 0 Å². The second kappa shape index (κ2) is 6.59. The maximum atomic E-state index is 11.3. The van der Waals surface area contributed by atoms with E-state index in [1.54, 1.807) is 12.5 Å². The highest BCUT2D eigenvalue weighted by atomic mass is 16.3. The van der Waals surface area contributed by atoms with Crippen LogP contribution in [0.15, 0.2) is 65.4 Å². The zero-order valence-corrected chi connectivity index (χ0v) is 15.2. The summed E-state index contributed by atoms with van der Waals surface area (Å²) >= 11 is 0. The number of pyridine rings is 1. The second-order valence-corrected chi connectivity index (χ2v) is 7.72. The molecule has 0 amide bonds. The molecule has 5 rings (SSSR count). The smallest absolute Gasteiger partial charge is 0.245 e. The third-order valence-electron chi connectivity index (χ3n) is 6.01. The van der Waals surface area contributed by atoms with Crippen LogP contribution in [0, 0.1) is 0 Å². The van der Waals surface area contributed by atoms with Crippen LogP contribution >= 0.6 is 0 Å². The summed E-state index contributed by atoms with van der Waals surface area (Å²) in [4.78, 5) is 11.4. The van der Waals surface area contributed by atoms with Gasteiger partial charge in [0, 0.05) is 24.8 Å². The molecule has 2 aromatic heterocycles. The van der Waals surface area contributed by atoms with E-state index in [-0.39, 0.29) is 0 Å². The fraction of sp³-hybridized carbons (Fsp3) is 0.364. The first-order valence-corrected chi connectivity index (χ1v) is 9.61. The van der Waals surface area contributed by atoms with Crippen LogP contribution in [0.1, 0.15) is 36.9 Å². The SMILES string of the molecule is OC1(c2ccccc2)CC2CCC(C1)N2Cc1coc(-c2ccccn2)n1. The summed E-state index contributed by atoms with van der Waals surface area (Å²) < 4.78 is 5.64. The first-order valence-electron chi connectivity index (χ1n) is 9.61. The van der Waals surface area contributed by atoms with Gasteiger partial charge in [-0.25, -0.2) is 4.98 Å². The number of benzene rings is 1. The number of aromatic nitrogens is 2. The van der Waals surface area contributed by atoms with Crippen molar-refractivity contribution in [3.05, 3.63) is 72.2 Å². The van der Waals surface area contributed by atoms with Gasteiger partial charge in [0.05, 0.1) is 11.3 Å². The van der Waals surface area contributed by atoms with Gasteiger partial charge in [-0.2, -0.15) is 0 Å². The molecule has 3 aromatic rings. The third-order valence-corrected chi connectivity index (χ3v) is 6.01. The quantitative estimate of drug-likeness (QED) is 0.767. The minimum atomic E-state index is -0.716. The van der Waals surface area contributed by atoms with Crippen molar-refractivity contribution in [1.29, 1.82) is 0 Å². The first kappa shape index (κ1) is 16.7. The van der Waals surface area contributed by atoms with Gasteiger partial charge >= 0.3 is 0 Å². The van der Waals surface area contributed by atoms with E-state index < -0.39 is 5.60 Å². The van der Waals surface area contributed by atoms with Gasteiger partial charge in [-0.15, -0.1) is 0 Å². The molecule has 2 fully saturated rings. The Morgan fingerprint density at radius 3 is 2.48 bits per heavy atom. The minimum absolute atomic E-state index is 0.379. The van der Waals surface area contributed by atoms with Crippen LogP contribution in [-0.2, 0) is 12.1 Å². The van der Waals surface area contributed by atoms with E-state index in [0.717, 1.165) is 49.2 Å². The average molecular weight is 361 g/mol. The number of rotatable bonds is 4. The van der Waals surface area contributed by atoms with Gasteiger partial charge < -0.3 is 9.52 Å². The summed E-state index contributed by atoms with van der Waals surface area (Å²) in [6.07, 6.45) is 7.29. The van der Waals surface area contributed by atoms with Crippen molar-refractivity contribution in [2.75, 3.05) is 0 Å². The molecule has 2 aliphatic rings. The molecule has 5 nitrogen and oxygen atoms in total. The van der Waals surface area contributed by atoms with Gasteiger partial charge in [0.1, 0.15) is 12.0 Å². The Balaban J connectivity index is 1.33. The summed E-state index contributed by atoms with van der Waals surface area (Å²) in [5, 5.41) is 11.3. The lowest BCUT2D eigenvalue weighted by Gasteiger charge is -2.43. The fourth-order valence-electron chi connectivity index (χ4n) is 4.73. The number of aliphatic hydroxyl groups is 1. The summed E-state index contributed by atoms with van der Waals surface area (Å²) in [5.41, 5.74) is 2.01. The van der Waals surface area contributed by atoms with Crippen molar-refractivity contribution in [2.45, 2.75) is 49.9 Å². The van der Waals surface area contributed by atoms with E-state index >= 15 is 0 Å². The molecule has 1 N–H and O–H groups in total.